The van der Waals surface area contributed by atoms with Gasteiger partial charge in [-0.2, -0.15) is 5.26 Å². The van der Waals surface area contributed by atoms with E-state index in [1.807, 2.05) is 24.3 Å². The van der Waals surface area contributed by atoms with E-state index in [1.165, 1.54) is 0 Å². The van der Waals surface area contributed by atoms with Crippen LogP contribution >= 0.6 is 11.6 Å². The molecule has 0 bridgehead atoms. The van der Waals surface area contributed by atoms with Crippen molar-refractivity contribution in [1.82, 2.24) is 0 Å². The van der Waals surface area contributed by atoms with Gasteiger partial charge >= 0.3 is 0 Å². The highest BCUT2D eigenvalue weighted by Crippen LogP contribution is 2.13. The summed E-state index contributed by atoms with van der Waals surface area (Å²) >= 11 is 5.77. The molecular formula is C10H10ClNO. The number of nitriles is 1. The fourth-order valence-electron chi connectivity index (χ4n) is 1.10. The molecule has 0 amide bonds. The average Bonchev–Trinajstić information content (AvgIpc) is 2.14. The van der Waals surface area contributed by atoms with E-state index < -0.39 is 0 Å². The van der Waals surface area contributed by atoms with Crippen LogP contribution < -0.4 is 0 Å². The van der Waals surface area contributed by atoms with Gasteiger partial charge in [-0.15, -0.1) is 0 Å². The molecule has 0 aliphatic carbocycles. The van der Waals surface area contributed by atoms with E-state index in [4.69, 9.17) is 22.0 Å². The van der Waals surface area contributed by atoms with Gasteiger partial charge in [-0.05, 0) is 24.1 Å². The summed E-state index contributed by atoms with van der Waals surface area (Å²) in [6.07, 6.45) is 0.549. The molecule has 0 heterocycles. The van der Waals surface area contributed by atoms with Gasteiger partial charge in [-0.25, -0.2) is 0 Å². The fourth-order valence-corrected chi connectivity index (χ4v) is 1.31. The quantitative estimate of drug-likeness (QED) is 0.802. The monoisotopic (exact) mass is 195 g/mol. The lowest BCUT2D eigenvalue weighted by atomic mass is 10.0. The van der Waals surface area contributed by atoms with Gasteiger partial charge in [0.15, 0.2) is 0 Å². The maximum Gasteiger partial charge on any atom is 0.0734 e. The second-order valence-electron chi connectivity index (χ2n) is 2.84. The SMILES string of the molecule is N#C[C@H](CO)Cc1cccc(Cl)c1. The largest absolute Gasteiger partial charge is 0.395 e. The molecule has 0 radical (unpaired) electrons. The number of benzene rings is 1. The van der Waals surface area contributed by atoms with Crippen LogP contribution in [0.5, 0.6) is 0 Å². The first-order valence-electron chi connectivity index (χ1n) is 4.01. The van der Waals surface area contributed by atoms with E-state index in [-0.39, 0.29) is 12.5 Å². The van der Waals surface area contributed by atoms with Gasteiger partial charge in [0.1, 0.15) is 0 Å². The molecule has 0 saturated carbocycles. The Balaban J connectivity index is 2.69. The van der Waals surface area contributed by atoms with Gasteiger partial charge < -0.3 is 5.11 Å². The van der Waals surface area contributed by atoms with Crippen molar-refractivity contribution in [2.24, 2.45) is 5.92 Å². The highest BCUT2D eigenvalue weighted by Gasteiger charge is 2.06. The van der Waals surface area contributed by atoms with Crippen LogP contribution in [0.4, 0.5) is 0 Å². The van der Waals surface area contributed by atoms with Crippen LogP contribution in [-0.4, -0.2) is 11.7 Å². The first-order valence-corrected chi connectivity index (χ1v) is 4.39. The number of hydrogen-bond acceptors (Lipinski definition) is 2. The number of nitrogens with zero attached hydrogens (tertiary/aromatic N) is 1. The van der Waals surface area contributed by atoms with Gasteiger partial charge in [0, 0.05) is 5.02 Å². The van der Waals surface area contributed by atoms with Gasteiger partial charge in [0.05, 0.1) is 18.6 Å². The van der Waals surface area contributed by atoms with Crippen LogP contribution in [0.1, 0.15) is 5.56 Å². The van der Waals surface area contributed by atoms with Crippen molar-refractivity contribution in [3.63, 3.8) is 0 Å². The molecule has 0 aromatic heterocycles. The van der Waals surface area contributed by atoms with Gasteiger partial charge in [0.25, 0.3) is 0 Å². The summed E-state index contributed by atoms with van der Waals surface area (Å²) in [6, 6.07) is 9.35. The van der Waals surface area contributed by atoms with E-state index in [0.717, 1.165) is 5.56 Å². The normalized spacial score (nSPS) is 12.1. The molecule has 68 valence electrons. The van der Waals surface area contributed by atoms with E-state index in [2.05, 4.69) is 0 Å². The summed E-state index contributed by atoms with van der Waals surface area (Å²) in [5.74, 6) is -0.335. The highest BCUT2D eigenvalue weighted by atomic mass is 35.5. The molecule has 3 heteroatoms. The Morgan fingerprint density at radius 1 is 1.54 bits per heavy atom. The Labute approximate surface area is 82.4 Å². The topological polar surface area (TPSA) is 44.0 Å². The third kappa shape index (κ3) is 3.06. The first kappa shape index (κ1) is 10.0. The smallest absolute Gasteiger partial charge is 0.0734 e. The summed E-state index contributed by atoms with van der Waals surface area (Å²) in [7, 11) is 0. The Morgan fingerprint density at radius 3 is 2.85 bits per heavy atom. The molecule has 0 aliphatic rings. The van der Waals surface area contributed by atoms with Crippen LogP contribution in [0.2, 0.25) is 5.02 Å². The van der Waals surface area contributed by atoms with Crippen molar-refractivity contribution in [1.29, 1.82) is 5.26 Å². The fraction of sp³-hybridized carbons (Fsp3) is 0.300. The van der Waals surface area contributed by atoms with E-state index in [1.54, 1.807) is 6.07 Å². The molecule has 1 atom stereocenters. The molecule has 2 nitrogen and oxygen atoms in total. The van der Waals surface area contributed by atoms with Crippen molar-refractivity contribution < 1.29 is 5.11 Å². The van der Waals surface area contributed by atoms with Gasteiger partial charge in [-0.3, -0.25) is 0 Å². The predicted octanol–water partition coefficient (Wildman–Crippen LogP) is 2.01. The zero-order valence-corrected chi connectivity index (χ0v) is 7.83. The number of hydrogen-bond donors (Lipinski definition) is 1. The van der Waals surface area contributed by atoms with Crippen molar-refractivity contribution in [3.8, 4) is 6.07 Å². The summed E-state index contributed by atoms with van der Waals surface area (Å²) in [4.78, 5) is 0. The Bertz CT molecular complexity index is 319. The maximum absolute atomic E-state index is 8.80. The molecule has 1 aromatic rings. The Morgan fingerprint density at radius 2 is 2.31 bits per heavy atom. The molecule has 0 spiro atoms. The highest BCUT2D eigenvalue weighted by molar-refractivity contribution is 6.30. The third-order valence-electron chi connectivity index (χ3n) is 1.77. The van der Waals surface area contributed by atoms with Crippen LogP contribution in [0.25, 0.3) is 0 Å². The second-order valence-corrected chi connectivity index (χ2v) is 3.28. The van der Waals surface area contributed by atoms with E-state index in [0.29, 0.717) is 11.4 Å². The van der Waals surface area contributed by atoms with Gasteiger partial charge in [0.2, 0.25) is 0 Å². The molecule has 0 saturated heterocycles. The van der Waals surface area contributed by atoms with Crippen LogP contribution in [0.15, 0.2) is 24.3 Å². The summed E-state index contributed by atoms with van der Waals surface area (Å²) in [5, 5.41) is 18.1. The molecule has 1 rings (SSSR count). The lowest BCUT2D eigenvalue weighted by Gasteiger charge is -2.04. The lowest BCUT2D eigenvalue weighted by molar-refractivity contribution is 0.255. The lowest BCUT2D eigenvalue weighted by Crippen LogP contribution is -2.06. The van der Waals surface area contributed by atoms with Crippen LogP contribution in [0.3, 0.4) is 0 Å². The minimum Gasteiger partial charge on any atom is -0.395 e. The minimum absolute atomic E-state index is 0.108. The minimum atomic E-state index is -0.335. The molecule has 1 N–H and O–H groups in total. The van der Waals surface area contributed by atoms with Gasteiger partial charge in [-0.1, -0.05) is 23.7 Å². The van der Waals surface area contributed by atoms with Crippen LogP contribution in [-0.2, 0) is 6.42 Å². The number of rotatable bonds is 3. The summed E-state index contributed by atoms with van der Waals surface area (Å²) in [6.45, 7) is -0.108. The van der Waals surface area contributed by atoms with Crippen molar-refractivity contribution in [3.05, 3.63) is 34.9 Å². The zero-order valence-electron chi connectivity index (χ0n) is 7.07. The summed E-state index contributed by atoms with van der Waals surface area (Å²) < 4.78 is 0. The standard InChI is InChI=1S/C10H10ClNO/c11-10-3-1-2-8(5-10)4-9(6-12)7-13/h1-3,5,9,13H,4,7H2/t9-/m1/s1. The Kier molecular flexibility index (Phi) is 3.75. The molecule has 0 aliphatic heterocycles. The molecule has 1 aromatic carbocycles. The molecule has 13 heavy (non-hydrogen) atoms. The third-order valence-corrected chi connectivity index (χ3v) is 2.01. The predicted molar refractivity (Wildman–Crippen MR) is 51.3 cm³/mol. The number of aliphatic hydroxyl groups is 1. The molecular weight excluding hydrogens is 186 g/mol. The van der Waals surface area contributed by atoms with Crippen LogP contribution in [0, 0.1) is 17.2 Å². The molecule has 0 unspecified atom stereocenters. The number of halogens is 1. The second kappa shape index (κ2) is 4.86. The van der Waals surface area contributed by atoms with E-state index >= 15 is 0 Å². The zero-order chi connectivity index (χ0) is 9.68. The average molecular weight is 196 g/mol. The Hall–Kier alpha value is -1.04. The summed E-state index contributed by atoms with van der Waals surface area (Å²) in [5.41, 5.74) is 0.980. The number of aliphatic hydroxyl groups excluding tert-OH is 1. The van der Waals surface area contributed by atoms with Crippen molar-refractivity contribution in [2.45, 2.75) is 6.42 Å². The van der Waals surface area contributed by atoms with E-state index in [9.17, 15) is 0 Å². The van der Waals surface area contributed by atoms with Crippen molar-refractivity contribution in [2.75, 3.05) is 6.61 Å². The van der Waals surface area contributed by atoms with Crippen molar-refractivity contribution >= 4 is 11.6 Å². The molecule has 0 fully saturated rings. The maximum atomic E-state index is 8.80. The first-order chi connectivity index (χ1) is 6.26.